The molecule has 0 fully saturated rings. The van der Waals surface area contributed by atoms with E-state index in [0.29, 0.717) is 28.2 Å². The van der Waals surface area contributed by atoms with Gasteiger partial charge in [-0.1, -0.05) is 25.6 Å². The Hall–Kier alpha value is -1.69. The summed E-state index contributed by atoms with van der Waals surface area (Å²) in [5.41, 5.74) is 1.53. The summed E-state index contributed by atoms with van der Waals surface area (Å²) < 4.78 is 1.50. The Morgan fingerprint density at radius 1 is 1.24 bits per heavy atom. The first kappa shape index (κ1) is 14.3. The van der Waals surface area contributed by atoms with Crippen LogP contribution >= 0.6 is 11.8 Å². The second-order valence-electron chi connectivity index (χ2n) is 6.26. The predicted octanol–water partition coefficient (Wildman–Crippen LogP) is 2.21. The summed E-state index contributed by atoms with van der Waals surface area (Å²) in [6.45, 7) is 4.12. The van der Waals surface area contributed by atoms with Crippen molar-refractivity contribution >= 4 is 28.6 Å². The third kappa shape index (κ3) is 2.27. The number of hydrogen-bond acceptors (Lipinski definition) is 5. The van der Waals surface area contributed by atoms with Crippen molar-refractivity contribution < 1.29 is 4.79 Å². The molecule has 0 unspecified atom stereocenters. The van der Waals surface area contributed by atoms with Gasteiger partial charge in [-0.2, -0.15) is 0 Å². The summed E-state index contributed by atoms with van der Waals surface area (Å²) in [7, 11) is 1.69. The molecule has 0 atom stereocenters. The normalized spacial score (nSPS) is 17.0. The number of fused-ring (bicyclic) bond motifs is 2. The Balaban J connectivity index is 2.33. The first-order valence-electron chi connectivity index (χ1n) is 6.80. The van der Waals surface area contributed by atoms with E-state index in [9.17, 15) is 9.59 Å². The highest BCUT2D eigenvalue weighted by atomic mass is 32.2. The van der Waals surface area contributed by atoms with Crippen molar-refractivity contribution in [3.8, 4) is 0 Å². The van der Waals surface area contributed by atoms with Gasteiger partial charge in [0.2, 0.25) is 0 Å². The summed E-state index contributed by atoms with van der Waals surface area (Å²) >= 11 is 1.41. The maximum Gasteiger partial charge on any atom is 0.263 e. The third-order valence-electron chi connectivity index (χ3n) is 3.87. The molecule has 0 saturated heterocycles. The van der Waals surface area contributed by atoms with E-state index in [2.05, 4.69) is 23.8 Å². The van der Waals surface area contributed by atoms with Crippen molar-refractivity contribution in [2.45, 2.75) is 31.8 Å². The summed E-state index contributed by atoms with van der Waals surface area (Å²) in [6, 6.07) is 1.68. The van der Waals surface area contributed by atoms with Gasteiger partial charge in [0, 0.05) is 19.0 Å². The fourth-order valence-electron chi connectivity index (χ4n) is 2.82. The summed E-state index contributed by atoms with van der Waals surface area (Å²) in [6.07, 6.45) is 3.10. The molecule has 0 bridgehead atoms. The minimum Gasteiger partial charge on any atom is -0.294 e. The van der Waals surface area contributed by atoms with Crippen molar-refractivity contribution in [3.05, 3.63) is 27.7 Å². The molecule has 0 N–H and O–H groups in total. The Bertz CT molecular complexity index is 824. The van der Waals surface area contributed by atoms with Crippen LogP contribution in [0.1, 0.15) is 36.3 Å². The molecule has 2 heterocycles. The lowest BCUT2D eigenvalue weighted by Crippen LogP contribution is -2.29. The van der Waals surface area contributed by atoms with Crippen molar-refractivity contribution in [1.29, 1.82) is 0 Å². The van der Waals surface area contributed by atoms with Crippen LogP contribution in [-0.4, -0.2) is 26.6 Å². The number of carbonyl (C=O) groups excluding carboxylic acids is 1. The summed E-state index contributed by atoms with van der Waals surface area (Å²) in [5.74, 6) is 0.0617. The van der Waals surface area contributed by atoms with Crippen molar-refractivity contribution in [2.75, 3.05) is 6.26 Å². The summed E-state index contributed by atoms with van der Waals surface area (Å²) in [5, 5.41) is 1.04. The van der Waals surface area contributed by atoms with E-state index in [4.69, 9.17) is 0 Å². The Morgan fingerprint density at radius 3 is 2.62 bits per heavy atom. The number of Topliss-reactive ketones (excluding diaryl/α,β-unsaturated/α-hetero) is 1. The van der Waals surface area contributed by atoms with Crippen LogP contribution < -0.4 is 5.56 Å². The number of pyridine rings is 1. The van der Waals surface area contributed by atoms with Crippen molar-refractivity contribution in [1.82, 2.24) is 14.5 Å². The first-order chi connectivity index (χ1) is 9.82. The first-order valence-corrected chi connectivity index (χ1v) is 8.03. The fourth-order valence-corrected chi connectivity index (χ4v) is 3.36. The van der Waals surface area contributed by atoms with Gasteiger partial charge in [-0.15, -0.1) is 0 Å². The van der Waals surface area contributed by atoms with Gasteiger partial charge in [0.05, 0.1) is 11.1 Å². The van der Waals surface area contributed by atoms with E-state index in [-0.39, 0.29) is 16.8 Å². The van der Waals surface area contributed by atoms with Gasteiger partial charge in [0.15, 0.2) is 16.6 Å². The topological polar surface area (TPSA) is 64.8 Å². The molecule has 2 aromatic rings. The van der Waals surface area contributed by atoms with E-state index in [1.165, 1.54) is 16.3 Å². The molecule has 110 valence electrons. The van der Waals surface area contributed by atoms with Gasteiger partial charge in [-0.25, -0.2) is 9.97 Å². The number of carbonyl (C=O) groups is 1. The summed E-state index contributed by atoms with van der Waals surface area (Å²) in [4.78, 5) is 33.6. The number of rotatable bonds is 1. The smallest absolute Gasteiger partial charge is 0.263 e. The molecule has 3 rings (SSSR count). The Kier molecular flexibility index (Phi) is 3.16. The number of ketones is 1. The molecule has 0 amide bonds. The van der Waals surface area contributed by atoms with Crippen molar-refractivity contribution in [2.24, 2.45) is 12.5 Å². The van der Waals surface area contributed by atoms with Gasteiger partial charge >= 0.3 is 0 Å². The van der Waals surface area contributed by atoms with Crippen LogP contribution in [0.5, 0.6) is 0 Å². The zero-order valence-electron chi connectivity index (χ0n) is 12.6. The third-order valence-corrected chi connectivity index (χ3v) is 4.60. The lowest BCUT2D eigenvalue weighted by molar-refractivity contribution is 0.0910. The number of hydrogen-bond donors (Lipinski definition) is 0. The highest BCUT2D eigenvalue weighted by Gasteiger charge is 2.32. The van der Waals surface area contributed by atoms with Crippen LogP contribution in [0.2, 0.25) is 0 Å². The molecular formula is C15H17N3O2S. The SMILES string of the molecule is CSc1nc2nc3c(cc2c(=O)n1C)C(=O)CC(C)(C)C3. The molecule has 5 nitrogen and oxygen atoms in total. The molecule has 21 heavy (non-hydrogen) atoms. The number of thioether (sulfide) groups is 1. The minimum absolute atomic E-state index is 0.0617. The van der Waals surface area contributed by atoms with E-state index in [0.717, 1.165) is 12.1 Å². The zero-order chi connectivity index (χ0) is 15.4. The monoisotopic (exact) mass is 303 g/mol. The van der Waals surface area contributed by atoms with Crippen LogP contribution in [0.4, 0.5) is 0 Å². The second-order valence-corrected chi connectivity index (χ2v) is 7.03. The minimum atomic E-state index is -0.155. The molecule has 0 saturated carbocycles. The predicted molar refractivity (Wildman–Crippen MR) is 83.0 cm³/mol. The van der Waals surface area contributed by atoms with E-state index in [1.54, 1.807) is 13.1 Å². The number of nitrogens with zero attached hydrogens (tertiary/aromatic N) is 3. The molecule has 2 aromatic heterocycles. The molecule has 0 radical (unpaired) electrons. The lowest BCUT2D eigenvalue weighted by Gasteiger charge is -2.29. The van der Waals surface area contributed by atoms with Gasteiger partial charge < -0.3 is 0 Å². The molecule has 6 heteroatoms. The van der Waals surface area contributed by atoms with Crippen LogP contribution in [0, 0.1) is 5.41 Å². The van der Waals surface area contributed by atoms with Gasteiger partial charge in [-0.3, -0.25) is 14.2 Å². The molecule has 0 aliphatic heterocycles. The van der Waals surface area contributed by atoms with Gasteiger partial charge in [0.25, 0.3) is 5.56 Å². The number of aromatic nitrogens is 3. The molecule has 0 aromatic carbocycles. The second kappa shape index (κ2) is 4.66. The Labute approximate surface area is 126 Å². The maximum atomic E-state index is 12.4. The van der Waals surface area contributed by atoms with Crippen LogP contribution in [0.15, 0.2) is 16.0 Å². The van der Waals surface area contributed by atoms with Crippen LogP contribution in [0.25, 0.3) is 11.0 Å². The fraction of sp³-hybridized carbons (Fsp3) is 0.467. The maximum absolute atomic E-state index is 12.4. The highest BCUT2D eigenvalue weighted by Crippen LogP contribution is 2.34. The zero-order valence-corrected chi connectivity index (χ0v) is 13.4. The van der Waals surface area contributed by atoms with Gasteiger partial charge in [-0.05, 0) is 24.2 Å². The highest BCUT2D eigenvalue weighted by molar-refractivity contribution is 7.98. The van der Waals surface area contributed by atoms with Crippen LogP contribution in [0.3, 0.4) is 0 Å². The largest absolute Gasteiger partial charge is 0.294 e. The standard InChI is InChI=1S/C15H17N3O2S/c1-15(2)6-10-8(11(19)7-15)5-9-12(16-10)17-14(21-4)18(3)13(9)20/h5H,6-7H2,1-4H3. The lowest BCUT2D eigenvalue weighted by atomic mass is 9.75. The van der Waals surface area contributed by atoms with E-state index >= 15 is 0 Å². The quantitative estimate of drug-likeness (QED) is 0.597. The van der Waals surface area contributed by atoms with Crippen LogP contribution in [-0.2, 0) is 13.5 Å². The molecular weight excluding hydrogens is 286 g/mol. The average Bonchev–Trinajstić information content (AvgIpc) is 2.40. The van der Waals surface area contributed by atoms with Crippen molar-refractivity contribution in [3.63, 3.8) is 0 Å². The molecule has 1 aliphatic rings. The average molecular weight is 303 g/mol. The van der Waals surface area contributed by atoms with Gasteiger partial charge in [0.1, 0.15) is 0 Å². The van der Waals surface area contributed by atoms with E-state index < -0.39 is 0 Å². The Morgan fingerprint density at radius 2 is 1.95 bits per heavy atom. The molecule has 1 aliphatic carbocycles. The molecule has 0 spiro atoms. The van der Waals surface area contributed by atoms with E-state index in [1.807, 2.05) is 6.26 Å².